The van der Waals surface area contributed by atoms with Crippen LogP contribution in [0.2, 0.25) is 0 Å². The number of amides is 2. The third-order valence-electron chi connectivity index (χ3n) is 3.72. The Balaban J connectivity index is 1.60. The van der Waals surface area contributed by atoms with Gasteiger partial charge in [0.05, 0.1) is 6.10 Å². The maximum Gasteiger partial charge on any atom is 0.317 e. The fourth-order valence-corrected chi connectivity index (χ4v) is 3.48. The summed E-state index contributed by atoms with van der Waals surface area (Å²) in [5.74, 6) is 0.585. The van der Waals surface area contributed by atoms with E-state index in [2.05, 4.69) is 21.7 Å². The molecule has 0 aliphatic carbocycles. The van der Waals surface area contributed by atoms with E-state index >= 15 is 0 Å². The van der Waals surface area contributed by atoms with E-state index in [-0.39, 0.29) is 12.1 Å². The molecule has 0 atom stereocenters. The zero-order valence-electron chi connectivity index (χ0n) is 13.4. The van der Waals surface area contributed by atoms with Gasteiger partial charge >= 0.3 is 6.03 Å². The van der Waals surface area contributed by atoms with Crippen molar-refractivity contribution in [1.29, 1.82) is 0 Å². The van der Waals surface area contributed by atoms with E-state index in [4.69, 9.17) is 4.74 Å². The Morgan fingerprint density at radius 2 is 2.35 bits per heavy atom. The van der Waals surface area contributed by atoms with Crippen LogP contribution in [-0.4, -0.2) is 28.6 Å². The molecule has 23 heavy (non-hydrogen) atoms. The number of carbonyl (C=O) groups is 1. The van der Waals surface area contributed by atoms with Gasteiger partial charge in [0.25, 0.3) is 0 Å². The van der Waals surface area contributed by atoms with Crippen LogP contribution in [0.1, 0.15) is 29.9 Å². The van der Waals surface area contributed by atoms with Gasteiger partial charge in [-0.2, -0.15) is 0 Å². The van der Waals surface area contributed by atoms with Crippen LogP contribution in [0.4, 0.5) is 4.79 Å². The molecule has 0 spiro atoms. The minimum absolute atomic E-state index is 0.0406. The lowest BCUT2D eigenvalue weighted by Crippen LogP contribution is -2.42. The Bertz CT molecular complexity index is 684. The third kappa shape index (κ3) is 3.82. The number of aromatic nitrogens is 1. The van der Waals surface area contributed by atoms with Crippen LogP contribution in [0.15, 0.2) is 29.8 Å². The lowest BCUT2D eigenvalue weighted by atomic mass is 10.1. The van der Waals surface area contributed by atoms with Crippen LogP contribution in [0.5, 0.6) is 5.88 Å². The lowest BCUT2D eigenvalue weighted by molar-refractivity contribution is 0.191. The molecule has 0 radical (unpaired) electrons. The second kappa shape index (κ2) is 7.00. The number of nitrogens with zero attached hydrogens (tertiary/aromatic N) is 2. The highest BCUT2D eigenvalue weighted by Crippen LogP contribution is 2.24. The van der Waals surface area contributed by atoms with E-state index < -0.39 is 0 Å². The van der Waals surface area contributed by atoms with Crippen molar-refractivity contribution in [2.45, 2.75) is 39.5 Å². The van der Waals surface area contributed by atoms with Gasteiger partial charge in [0.2, 0.25) is 5.88 Å². The molecule has 122 valence electrons. The van der Waals surface area contributed by atoms with Crippen LogP contribution in [0.25, 0.3) is 0 Å². The lowest BCUT2D eigenvalue weighted by Gasteiger charge is -2.27. The molecule has 0 saturated carbocycles. The summed E-state index contributed by atoms with van der Waals surface area (Å²) in [6.45, 7) is 5.79. The first kappa shape index (κ1) is 15.8. The maximum absolute atomic E-state index is 12.4. The number of urea groups is 1. The molecule has 0 aromatic carbocycles. The Morgan fingerprint density at radius 3 is 3.17 bits per heavy atom. The zero-order chi connectivity index (χ0) is 16.2. The highest BCUT2D eigenvalue weighted by molar-refractivity contribution is 7.10. The van der Waals surface area contributed by atoms with Gasteiger partial charge in [0, 0.05) is 36.3 Å². The van der Waals surface area contributed by atoms with Crippen LogP contribution in [0, 0.1) is 0 Å². The molecule has 2 aromatic heterocycles. The highest BCUT2D eigenvalue weighted by atomic mass is 32.1. The van der Waals surface area contributed by atoms with E-state index in [1.54, 1.807) is 17.5 Å². The average Bonchev–Trinajstić information content (AvgIpc) is 3.00. The Hall–Kier alpha value is -2.08. The number of carbonyl (C=O) groups excluding carboxylic acids is 1. The monoisotopic (exact) mass is 331 g/mol. The van der Waals surface area contributed by atoms with Gasteiger partial charge in [-0.1, -0.05) is 6.07 Å². The molecular weight excluding hydrogens is 310 g/mol. The zero-order valence-corrected chi connectivity index (χ0v) is 14.2. The second-order valence-corrected chi connectivity index (χ2v) is 6.83. The molecule has 5 nitrogen and oxygen atoms in total. The number of thiophene rings is 1. The van der Waals surface area contributed by atoms with E-state index in [1.165, 1.54) is 10.4 Å². The van der Waals surface area contributed by atoms with Gasteiger partial charge in [-0.25, -0.2) is 9.78 Å². The average molecular weight is 331 g/mol. The SMILES string of the molecule is CC(C)Oc1ncccc1CNC(=O)N1CCc2sccc2C1. The van der Waals surface area contributed by atoms with Crippen molar-refractivity contribution >= 4 is 17.4 Å². The summed E-state index contributed by atoms with van der Waals surface area (Å²) in [5.41, 5.74) is 2.16. The summed E-state index contributed by atoms with van der Waals surface area (Å²) in [5, 5.41) is 5.07. The summed E-state index contributed by atoms with van der Waals surface area (Å²) >= 11 is 1.77. The first-order valence-corrected chi connectivity index (χ1v) is 8.70. The molecule has 2 amide bonds. The van der Waals surface area contributed by atoms with E-state index in [0.717, 1.165) is 18.5 Å². The summed E-state index contributed by atoms with van der Waals surface area (Å²) in [6.07, 6.45) is 2.69. The largest absolute Gasteiger partial charge is 0.475 e. The number of fused-ring (bicyclic) bond motifs is 1. The molecule has 2 aromatic rings. The number of hydrogen-bond donors (Lipinski definition) is 1. The van der Waals surface area contributed by atoms with Crippen LogP contribution in [0.3, 0.4) is 0 Å². The van der Waals surface area contributed by atoms with E-state index in [9.17, 15) is 4.79 Å². The first-order chi connectivity index (χ1) is 11.1. The van der Waals surface area contributed by atoms with Crippen molar-refractivity contribution < 1.29 is 9.53 Å². The molecule has 0 saturated heterocycles. The Morgan fingerprint density at radius 1 is 1.48 bits per heavy atom. The van der Waals surface area contributed by atoms with Gasteiger partial charge in [0.1, 0.15) is 0 Å². The fourth-order valence-electron chi connectivity index (χ4n) is 2.59. The van der Waals surface area contributed by atoms with Crippen molar-refractivity contribution in [1.82, 2.24) is 15.2 Å². The molecule has 3 heterocycles. The number of ether oxygens (including phenoxy) is 1. The van der Waals surface area contributed by atoms with Crippen molar-refractivity contribution in [3.63, 3.8) is 0 Å². The molecule has 6 heteroatoms. The number of rotatable bonds is 4. The summed E-state index contributed by atoms with van der Waals surface area (Å²) < 4.78 is 5.68. The molecule has 0 unspecified atom stereocenters. The molecule has 1 aliphatic heterocycles. The number of hydrogen-bond acceptors (Lipinski definition) is 4. The molecular formula is C17H21N3O2S. The molecule has 1 N–H and O–H groups in total. The smallest absolute Gasteiger partial charge is 0.317 e. The van der Waals surface area contributed by atoms with Crippen LogP contribution >= 0.6 is 11.3 Å². The molecule has 3 rings (SSSR count). The van der Waals surface area contributed by atoms with Gasteiger partial charge in [0.15, 0.2) is 0 Å². The summed E-state index contributed by atoms with van der Waals surface area (Å²) in [7, 11) is 0. The number of nitrogens with one attached hydrogen (secondary N) is 1. The number of pyridine rings is 1. The van der Waals surface area contributed by atoms with Gasteiger partial charge in [-0.15, -0.1) is 11.3 Å². The summed E-state index contributed by atoms with van der Waals surface area (Å²) in [4.78, 5) is 19.9. The highest BCUT2D eigenvalue weighted by Gasteiger charge is 2.21. The van der Waals surface area contributed by atoms with Crippen LogP contribution < -0.4 is 10.1 Å². The van der Waals surface area contributed by atoms with Crippen molar-refractivity contribution in [3.05, 3.63) is 45.8 Å². The van der Waals surface area contributed by atoms with Crippen molar-refractivity contribution in [2.75, 3.05) is 6.54 Å². The predicted molar refractivity (Wildman–Crippen MR) is 90.7 cm³/mol. The minimum atomic E-state index is -0.0406. The molecule has 0 bridgehead atoms. The normalized spacial score (nSPS) is 13.8. The standard InChI is InChI=1S/C17H21N3O2S/c1-12(2)22-16-13(4-3-7-18-16)10-19-17(21)20-8-5-15-14(11-20)6-9-23-15/h3-4,6-7,9,12H,5,8,10-11H2,1-2H3,(H,19,21). The van der Waals surface area contributed by atoms with E-state index in [1.807, 2.05) is 30.9 Å². The third-order valence-corrected chi connectivity index (χ3v) is 4.75. The van der Waals surface area contributed by atoms with Crippen molar-refractivity contribution in [3.8, 4) is 5.88 Å². The molecule has 0 fully saturated rings. The summed E-state index contributed by atoms with van der Waals surface area (Å²) in [6, 6.07) is 5.85. The molecule has 1 aliphatic rings. The van der Waals surface area contributed by atoms with Gasteiger partial charge in [-0.3, -0.25) is 0 Å². The minimum Gasteiger partial charge on any atom is -0.475 e. The first-order valence-electron chi connectivity index (χ1n) is 7.82. The maximum atomic E-state index is 12.4. The van der Waals surface area contributed by atoms with Gasteiger partial charge in [-0.05, 0) is 43.3 Å². The van der Waals surface area contributed by atoms with Crippen LogP contribution in [-0.2, 0) is 19.5 Å². The Labute approximate surface area is 140 Å². The van der Waals surface area contributed by atoms with Crippen molar-refractivity contribution in [2.24, 2.45) is 0 Å². The Kier molecular flexibility index (Phi) is 4.81. The second-order valence-electron chi connectivity index (χ2n) is 5.83. The topological polar surface area (TPSA) is 54.5 Å². The van der Waals surface area contributed by atoms with E-state index in [0.29, 0.717) is 19.0 Å². The quantitative estimate of drug-likeness (QED) is 0.936. The van der Waals surface area contributed by atoms with Gasteiger partial charge < -0.3 is 15.0 Å². The predicted octanol–water partition coefficient (Wildman–Crippen LogP) is 3.20. The fraction of sp³-hybridized carbons (Fsp3) is 0.412.